The molecular formula is C25H20Cl2O3. The van der Waals surface area contributed by atoms with Crippen molar-refractivity contribution in [2.75, 3.05) is 0 Å². The van der Waals surface area contributed by atoms with E-state index < -0.39 is 0 Å². The number of halogens is 2. The number of carbonyl (C=O) groups excluding carboxylic acids is 1. The van der Waals surface area contributed by atoms with Gasteiger partial charge in [0.2, 0.25) is 5.78 Å². The van der Waals surface area contributed by atoms with E-state index in [4.69, 9.17) is 32.7 Å². The van der Waals surface area contributed by atoms with E-state index in [2.05, 4.69) is 32.0 Å². The second-order valence-corrected chi connectivity index (χ2v) is 8.26. The van der Waals surface area contributed by atoms with Crippen molar-refractivity contribution in [3.63, 3.8) is 0 Å². The molecule has 0 radical (unpaired) electrons. The maximum absolute atomic E-state index is 12.9. The number of hydrogen-bond donors (Lipinski definition) is 0. The number of carbonyl (C=O) groups is 1. The number of benzene rings is 3. The molecule has 0 saturated heterocycles. The average Bonchev–Trinajstić information content (AvgIpc) is 3.01. The van der Waals surface area contributed by atoms with Gasteiger partial charge in [0, 0.05) is 6.07 Å². The van der Waals surface area contributed by atoms with Crippen molar-refractivity contribution in [3.8, 4) is 11.5 Å². The summed E-state index contributed by atoms with van der Waals surface area (Å²) in [5, 5.41) is 0.884. The number of fused-ring (bicyclic) bond motifs is 1. The molecule has 0 N–H and O–H groups in total. The Morgan fingerprint density at radius 1 is 0.933 bits per heavy atom. The summed E-state index contributed by atoms with van der Waals surface area (Å²) in [6.07, 6.45) is 1.67. The number of allylic oxidation sites excluding steroid dienone is 1. The van der Waals surface area contributed by atoms with E-state index in [0.29, 0.717) is 33.7 Å². The van der Waals surface area contributed by atoms with Crippen molar-refractivity contribution >= 4 is 35.1 Å². The van der Waals surface area contributed by atoms with E-state index >= 15 is 0 Å². The Morgan fingerprint density at radius 2 is 1.73 bits per heavy atom. The Labute approximate surface area is 185 Å². The van der Waals surface area contributed by atoms with Crippen LogP contribution < -0.4 is 9.47 Å². The molecule has 3 nitrogen and oxygen atoms in total. The molecule has 0 spiro atoms. The average molecular weight is 439 g/mol. The standard InChI is InChI=1S/C25H20Cl2O3/c1-14-4-5-15(2)18(8-14)13-29-19-9-16(3)24-22(12-19)30-23(25(24)28)11-17-6-7-20(26)21(27)10-17/h4-12H,13H2,1-3H3/b23-11-. The minimum Gasteiger partial charge on any atom is -0.489 e. The van der Waals surface area contributed by atoms with Crippen LogP contribution in [0.4, 0.5) is 0 Å². The van der Waals surface area contributed by atoms with E-state index in [1.165, 1.54) is 11.1 Å². The smallest absolute Gasteiger partial charge is 0.232 e. The molecule has 152 valence electrons. The molecule has 0 saturated carbocycles. The van der Waals surface area contributed by atoms with Crippen molar-refractivity contribution in [2.24, 2.45) is 0 Å². The van der Waals surface area contributed by atoms with Crippen LogP contribution in [0.2, 0.25) is 10.0 Å². The van der Waals surface area contributed by atoms with Crippen molar-refractivity contribution in [2.45, 2.75) is 27.4 Å². The van der Waals surface area contributed by atoms with Crippen LogP contribution in [0, 0.1) is 20.8 Å². The van der Waals surface area contributed by atoms with Crippen LogP contribution in [0.5, 0.6) is 11.5 Å². The van der Waals surface area contributed by atoms with Crippen molar-refractivity contribution < 1.29 is 14.3 Å². The van der Waals surface area contributed by atoms with Gasteiger partial charge in [-0.05, 0) is 67.3 Å². The van der Waals surface area contributed by atoms with Gasteiger partial charge in [0.25, 0.3) is 0 Å². The van der Waals surface area contributed by atoms with Gasteiger partial charge in [-0.3, -0.25) is 4.79 Å². The van der Waals surface area contributed by atoms with E-state index in [1.807, 2.05) is 13.0 Å². The first kappa shape index (κ1) is 20.5. The van der Waals surface area contributed by atoms with Gasteiger partial charge in [-0.15, -0.1) is 0 Å². The van der Waals surface area contributed by atoms with Crippen molar-refractivity contribution in [1.29, 1.82) is 0 Å². The summed E-state index contributed by atoms with van der Waals surface area (Å²) in [7, 11) is 0. The van der Waals surface area contributed by atoms with E-state index in [9.17, 15) is 4.79 Å². The Bertz CT molecular complexity index is 1200. The highest BCUT2D eigenvalue weighted by Gasteiger charge is 2.30. The van der Waals surface area contributed by atoms with Crippen molar-refractivity contribution in [3.05, 3.63) is 97.7 Å². The molecule has 0 unspecified atom stereocenters. The number of aryl methyl sites for hydroxylation is 3. The number of ketones is 1. The fourth-order valence-electron chi connectivity index (χ4n) is 3.43. The van der Waals surface area contributed by atoms with Crippen LogP contribution in [-0.4, -0.2) is 5.78 Å². The second-order valence-electron chi connectivity index (χ2n) is 7.45. The zero-order valence-corrected chi connectivity index (χ0v) is 18.4. The predicted octanol–water partition coefficient (Wildman–Crippen LogP) is 7.11. The highest BCUT2D eigenvalue weighted by molar-refractivity contribution is 6.42. The third-order valence-electron chi connectivity index (χ3n) is 5.08. The SMILES string of the molecule is Cc1ccc(C)c(COc2cc(C)c3c(c2)O/C(=C\c2ccc(Cl)c(Cl)c2)C3=O)c1. The first-order valence-corrected chi connectivity index (χ1v) is 10.3. The fourth-order valence-corrected chi connectivity index (χ4v) is 3.74. The predicted molar refractivity (Wildman–Crippen MR) is 121 cm³/mol. The summed E-state index contributed by atoms with van der Waals surface area (Å²) in [5.41, 5.74) is 5.61. The van der Waals surface area contributed by atoms with Gasteiger partial charge in [-0.2, -0.15) is 0 Å². The first-order valence-electron chi connectivity index (χ1n) is 9.54. The van der Waals surface area contributed by atoms with E-state index in [-0.39, 0.29) is 11.5 Å². The first-order chi connectivity index (χ1) is 14.3. The Morgan fingerprint density at radius 3 is 2.50 bits per heavy atom. The lowest BCUT2D eigenvalue weighted by atomic mass is 10.0. The largest absolute Gasteiger partial charge is 0.489 e. The lowest BCUT2D eigenvalue weighted by Crippen LogP contribution is -2.01. The maximum Gasteiger partial charge on any atom is 0.232 e. The van der Waals surface area contributed by atoms with Crippen LogP contribution in [-0.2, 0) is 6.61 Å². The van der Waals surface area contributed by atoms with Gasteiger partial charge >= 0.3 is 0 Å². The van der Waals surface area contributed by atoms with Gasteiger partial charge in [-0.1, -0.05) is 53.0 Å². The van der Waals surface area contributed by atoms with Crippen LogP contribution in [0.25, 0.3) is 6.08 Å². The highest BCUT2D eigenvalue weighted by atomic mass is 35.5. The summed E-state index contributed by atoms with van der Waals surface area (Å²) < 4.78 is 11.9. The Balaban J connectivity index is 1.58. The quantitative estimate of drug-likeness (QED) is 0.406. The number of rotatable bonds is 4. The molecule has 5 heteroatoms. The summed E-state index contributed by atoms with van der Waals surface area (Å²) in [4.78, 5) is 12.9. The molecule has 30 heavy (non-hydrogen) atoms. The van der Waals surface area contributed by atoms with Crippen LogP contribution >= 0.6 is 23.2 Å². The monoisotopic (exact) mass is 438 g/mol. The third-order valence-corrected chi connectivity index (χ3v) is 5.82. The van der Waals surface area contributed by atoms with Gasteiger partial charge in [-0.25, -0.2) is 0 Å². The Hall–Kier alpha value is -2.75. The third kappa shape index (κ3) is 4.09. The van der Waals surface area contributed by atoms with Gasteiger partial charge in [0.15, 0.2) is 5.76 Å². The summed E-state index contributed by atoms with van der Waals surface area (Å²) in [5.74, 6) is 1.26. The Kier molecular flexibility index (Phi) is 5.59. The normalized spacial score (nSPS) is 14.0. The van der Waals surface area contributed by atoms with Gasteiger partial charge < -0.3 is 9.47 Å². The number of ether oxygens (including phenoxy) is 2. The molecule has 1 heterocycles. The lowest BCUT2D eigenvalue weighted by molar-refractivity contribution is 0.101. The molecule has 4 rings (SSSR count). The minimum atomic E-state index is -0.158. The van der Waals surface area contributed by atoms with E-state index in [0.717, 1.165) is 16.7 Å². The van der Waals surface area contributed by atoms with Crippen LogP contribution in [0.15, 0.2) is 54.3 Å². The molecule has 3 aromatic rings. The molecule has 1 aliphatic heterocycles. The van der Waals surface area contributed by atoms with Crippen molar-refractivity contribution in [1.82, 2.24) is 0 Å². The molecular weight excluding hydrogens is 419 g/mol. The van der Waals surface area contributed by atoms with Crippen LogP contribution in [0.1, 0.15) is 38.2 Å². The molecule has 0 atom stereocenters. The molecule has 0 bridgehead atoms. The summed E-state index contributed by atoms with van der Waals surface area (Å²) in [6.45, 7) is 6.45. The molecule has 0 aromatic heterocycles. The van der Waals surface area contributed by atoms with Gasteiger partial charge in [0.1, 0.15) is 18.1 Å². The molecule has 3 aromatic carbocycles. The summed E-state index contributed by atoms with van der Waals surface area (Å²) >= 11 is 12.0. The molecule has 0 aliphatic carbocycles. The highest BCUT2D eigenvalue weighted by Crippen LogP contribution is 2.38. The maximum atomic E-state index is 12.9. The molecule has 1 aliphatic rings. The zero-order chi connectivity index (χ0) is 21.4. The van der Waals surface area contributed by atoms with E-state index in [1.54, 1.807) is 30.3 Å². The second kappa shape index (κ2) is 8.17. The van der Waals surface area contributed by atoms with Gasteiger partial charge in [0.05, 0.1) is 15.6 Å². The summed E-state index contributed by atoms with van der Waals surface area (Å²) in [6, 6.07) is 15.1. The number of Topliss-reactive ketones (excluding diaryl/α,β-unsaturated/α-hetero) is 1. The number of hydrogen-bond acceptors (Lipinski definition) is 3. The molecule has 0 amide bonds. The minimum absolute atomic E-state index is 0.158. The lowest BCUT2D eigenvalue weighted by Gasteiger charge is -2.11. The molecule has 0 fully saturated rings. The topological polar surface area (TPSA) is 35.5 Å². The zero-order valence-electron chi connectivity index (χ0n) is 16.9. The fraction of sp³-hybridized carbons (Fsp3) is 0.160. The van der Waals surface area contributed by atoms with Crippen LogP contribution in [0.3, 0.4) is 0 Å².